The van der Waals surface area contributed by atoms with E-state index in [-0.39, 0.29) is 16.8 Å². The van der Waals surface area contributed by atoms with Gasteiger partial charge in [0.05, 0.1) is 11.0 Å². The zero-order valence-corrected chi connectivity index (χ0v) is 17.4. The van der Waals surface area contributed by atoms with Crippen LogP contribution in [0, 0.1) is 5.82 Å². The van der Waals surface area contributed by atoms with Crippen LogP contribution in [0.25, 0.3) is 11.1 Å². The third-order valence-corrected chi connectivity index (χ3v) is 6.70. The van der Waals surface area contributed by atoms with Crippen molar-refractivity contribution in [2.24, 2.45) is 0 Å². The highest BCUT2D eigenvalue weighted by Crippen LogP contribution is 2.26. The molecule has 156 valence electrons. The van der Waals surface area contributed by atoms with E-state index in [4.69, 9.17) is 4.74 Å². The predicted octanol–water partition coefficient (Wildman–Crippen LogP) is 4.52. The summed E-state index contributed by atoms with van der Waals surface area (Å²) in [5.74, 6) is -0.309. The number of hydrogen-bond acceptors (Lipinski definition) is 4. The number of sulfonamides is 1. The van der Waals surface area contributed by atoms with Crippen molar-refractivity contribution in [3.05, 3.63) is 78.6 Å². The van der Waals surface area contributed by atoms with E-state index in [0.717, 1.165) is 36.3 Å². The van der Waals surface area contributed by atoms with Crippen LogP contribution in [0.4, 0.5) is 15.8 Å². The van der Waals surface area contributed by atoms with E-state index in [0.29, 0.717) is 5.69 Å². The molecule has 1 atom stereocenters. The summed E-state index contributed by atoms with van der Waals surface area (Å²) in [6.45, 7) is 1.76. The summed E-state index contributed by atoms with van der Waals surface area (Å²) < 4.78 is 46.6. The van der Waals surface area contributed by atoms with Gasteiger partial charge in [0.25, 0.3) is 10.0 Å². The van der Waals surface area contributed by atoms with Crippen LogP contribution in [-0.4, -0.2) is 34.7 Å². The van der Waals surface area contributed by atoms with Gasteiger partial charge < -0.3 is 9.64 Å². The first kappa shape index (κ1) is 20.4. The normalized spacial score (nSPS) is 16.6. The topological polar surface area (TPSA) is 58.6 Å². The molecule has 5 nitrogen and oxygen atoms in total. The minimum Gasteiger partial charge on any atom is -0.380 e. The molecule has 3 aromatic rings. The van der Waals surface area contributed by atoms with E-state index in [1.807, 2.05) is 12.1 Å². The van der Waals surface area contributed by atoms with Gasteiger partial charge in [-0.25, -0.2) is 12.8 Å². The Morgan fingerprint density at radius 3 is 2.10 bits per heavy atom. The number of hydrogen-bond donors (Lipinski definition) is 1. The third kappa shape index (κ3) is 4.47. The zero-order valence-electron chi connectivity index (χ0n) is 16.6. The number of ether oxygens (including phenoxy) is 1. The number of anilines is 2. The number of benzene rings is 3. The summed E-state index contributed by atoms with van der Waals surface area (Å²) >= 11 is 0. The second-order valence-corrected chi connectivity index (χ2v) is 8.96. The van der Waals surface area contributed by atoms with Crippen molar-refractivity contribution in [1.82, 2.24) is 0 Å². The van der Waals surface area contributed by atoms with Gasteiger partial charge in [-0.2, -0.15) is 0 Å². The van der Waals surface area contributed by atoms with Crippen LogP contribution < -0.4 is 9.62 Å². The van der Waals surface area contributed by atoms with E-state index in [2.05, 4.69) is 9.62 Å². The highest BCUT2D eigenvalue weighted by molar-refractivity contribution is 7.92. The molecule has 0 amide bonds. The summed E-state index contributed by atoms with van der Waals surface area (Å²) in [5, 5.41) is 0. The molecule has 0 radical (unpaired) electrons. The molecular formula is C23H23FN2O3S. The summed E-state index contributed by atoms with van der Waals surface area (Å²) in [6, 6.07) is 19.9. The Bertz CT molecular complexity index is 1100. The average Bonchev–Trinajstić information content (AvgIpc) is 3.24. The Hall–Kier alpha value is -2.90. The van der Waals surface area contributed by atoms with Gasteiger partial charge in [0.2, 0.25) is 0 Å². The van der Waals surface area contributed by atoms with Crippen molar-refractivity contribution in [2.75, 3.05) is 29.8 Å². The molecule has 3 aromatic carbocycles. The Balaban J connectivity index is 1.45. The lowest BCUT2D eigenvalue weighted by atomic mass is 10.1. The first-order valence-electron chi connectivity index (χ1n) is 9.71. The van der Waals surface area contributed by atoms with Gasteiger partial charge in [0, 0.05) is 31.6 Å². The van der Waals surface area contributed by atoms with Gasteiger partial charge in [-0.05, 0) is 66.1 Å². The SMILES string of the molecule is COC1CCN(c2ccc(NS(=O)(=O)c3ccc(-c4ccc(F)cc4)cc3)cc2)C1. The molecule has 1 aliphatic heterocycles. The Morgan fingerprint density at radius 2 is 1.53 bits per heavy atom. The minimum absolute atomic E-state index is 0.167. The lowest BCUT2D eigenvalue weighted by Gasteiger charge is -2.19. The monoisotopic (exact) mass is 426 g/mol. The first-order valence-corrected chi connectivity index (χ1v) is 11.2. The van der Waals surface area contributed by atoms with Crippen molar-refractivity contribution in [2.45, 2.75) is 17.4 Å². The maximum Gasteiger partial charge on any atom is 0.261 e. The standard InChI is InChI=1S/C23H23FN2O3S/c1-29-22-14-15-26(16-22)21-10-8-20(9-11-21)25-30(27,28)23-12-4-18(5-13-23)17-2-6-19(24)7-3-17/h2-13,22,25H,14-16H2,1H3. The van der Waals surface area contributed by atoms with Crippen LogP contribution in [0.1, 0.15) is 6.42 Å². The van der Waals surface area contributed by atoms with E-state index < -0.39 is 10.0 Å². The lowest BCUT2D eigenvalue weighted by molar-refractivity contribution is 0.121. The highest BCUT2D eigenvalue weighted by Gasteiger charge is 2.22. The maximum atomic E-state index is 13.1. The van der Waals surface area contributed by atoms with Gasteiger partial charge in [-0.3, -0.25) is 4.72 Å². The van der Waals surface area contributed by atoms with Gasteiger partial charge >= 0.3 is 0 Å². The molecule has 1 unspecified atom stereocenters. The number of nitrogens with one attached hydrogen (secondary N) is 1. The number of methoxy groups -OCH3 is 1. The van der Waals surface area contributed by atoms with E-state index >= 15 is 0 Å². The van der Waals surface area contributed by atoms with Gasteiger partial charge in [0.1, 0.15) is 5.82 Å². The van der Waals surface area contributed by atoms with Crippen LogP contribution in [0.15, 0.2) is 77.7 Å². The molecule has 0 aromatic heterocycles. The molecule has 7 heteroatoms. The molecule has 0 spiro atoms. The molecule has 0 saturated carbocycles. The summed E-state index contributed by atoms with van der Waals surface area (Å²) in [4.78, 5) is 2.39. The molecule has 0 bridgehead atoms. The molecule has 1 fully saturated rings. The van der Waals surface area contributed by atoms with E-state index in [9.17, 15) is 12.8 Å². The van der Waals surface area contributed by atoms with Crippen molar-refractivity contribution in [3.8, 4) is 11.1 Å². The fourth-order valence-electron chi connectivity index (χ4n) is 3.58. The fourth-order valence-corrected chi connectivity index (χ4v) is 4.64. The van der Waals surface area contributed by atoms with Gasteiger partial charge in [0.15, 0.2) is 0 Å². The van der Waals surface area contributed by atoms with E-state index in [1.165, 1.54) is 12.1 Å². The lowest BCUT2D eigenvalue weighted by Crippen LogP contribution is -2.22. The largest absolute Gasteiger partial charge is 0.380 e. The Labute approximate surface area is 176 Å². The van der Waals surface area contributed by atoms with Crippen LogP contribution in [0.3, 0.4) is 0 Å². The fraction of sp³-hybridized carbons (Fsp3) is 0.217. The molecular weight excluding hydrogens is 403 g/mol. The first-order chi connectivity index (χ1) is 14.4. The Morgan fingerprint density at radius 1 is 0.933 bits per heavy atom. The highest BCUT2D eigenvalue weighted by atomic mass is 32.2. The molecule has 1 aliphatic rings. The van der Waals surface area contributed by atoms with Crippen molar-refractivity contribution >= 4 is 21.4 Å². The second kappa shape index (κ2) is 8.45. The van der Waals surface area contributed by atoms with Crippen molar-refractivity contribution in [3.63, 3.8) is 0 Å². The molecule has 1 saturated heterocycles. The van der Waals surface area contributed by atoms with Crippen LogP contribution in [0.2, 0.25) is 0 Å². The van der Waals surface area contributed by atoms with Gasteiger partial charge in [-0.1, -0.05) is 24.3 Å². The molecule has 1 N–H and O–H groups in total. The molecule has 0 aliphatic carbocycles. The minimum atomic E-state index is -3.71. The number of rotatable bonds is 6. The summed E-state index contributed by atoms with van der Waals surface area (Å²) in [6.07, 6.45) is 1.22. The van der Waals surface area contributed by atoms with Crippen LogP contribution in [0.5, 0.6) is 0 Å². The quantitative estimate of drug-likeness (QED) is 0.630. The number of halogens is 1. The smallest absolute Gasteiger partial charge is 0.261 e. The molecule has 30 heavy (non-hydrogen) atoms. The second-order valence-electron chi connectivity index (χ2n) is 7.28. The number of nitrogens with zero attached hydrogens (tertiary/aromatic N) is 1. The van der Waals surface area contributed by atoms with E-state index in [1.54, 1.807) is 55.6 Å². The third-order valence-electron chi connectivity index (χ3n) is 5.31. The predicted molar refractivity (Wildman–Crippen MR) is 117 cm³/mol. The molecule has 4 rings (SSSR count). The average molecular weight is 427 g/mol. The molecule has 1 heterocycles. The maximum absolute atomic E-state index is 13.1. The zero-order chi connectivity index (χ0) is 21.1. The van der Waals surface area contributed by atoms with Crippen LogP contribution >= 0.6 is 0 Å². The van der Waals surface area contributed by atoms with Crippen LogP contribution in [-0.2, 0) is 14.8 Å². The Kier molecular flexibility index (Phi) is 5.74. The van der Waals surface area contributed by atoms with Crippen molar-refractivity contribution < 1.29 is 17.5 Å². The van der Waals surface area contributed by atoms with Crippen molar-refractivity contribution in [1.29, 1.82) is 0 Å². The summed E-state index contributed by atoms with van der Waals surface area (Å²) in [5.41, 5.74) is 3.18. The summed E-state index contributed by atoms with van der Waals surface area (Å²) in [7, 11) is -1.99. The van der Waals surface area contributed by atoms with Gasteiger partial charge in [-0.15, -0.1) is 0 Å².